The Hall–Kier alpha value is -1.64. The number of carbonyl (C=O) groups excluding carboxylic acids is 1. The molecular formula is C13H17F2N3O2S. The van der Waals surface area contributed by atoms with Crippen LogP contribution in [-0.2, 0) is 4.79 Å². The Labute approximate surface area is 126 Å². The van der Waals surface area contributed by atoms with Gasteiger partial charge in [-0.3, -0.25) is 9.69 Å². The zero-order valence-electron chi connectivity index (χ0n) is 11.3. The van der Waals surface area contributed by atoms with E-state index < -0.39 is 18.9 Å². The van der Waals surface area contributed by atoms with Gasteiger partial charge >= 0.3 is 0 Å². The molecule has 1 rings (SSSR count). The van der Waals surface area contributed by atoms with Crippen LogP contribution in [-0.4, -0.2) is 53.6 Å². The van der Waals surface area contributed by atoms with Crippen molar-refractivity contribution in [2.75, 3.05) is 31.6 Å². The van der Waals surface area contributed by atoms with Gasteiger partial charge in [-0.15, -0.1) is 0 Å². The zero-order valence-corrected chi connectivity index (χ0v) is 12.1. The van der Waals surface area contributed by atoms with E-state index in [1.54, 1.807) is 24.3 Å². The molecule has 0 unspecified atom stereocenters. The third-order valence-electron chi connectivity index (χ3n) is 2.63. The number of nitrogens with two attached hydrogens (primary N) is 1. The maximum atomic E-state index is 12.3. The first-order valence-corrected chi connectivity index (χ1v) is 6.64. The summed E-state index contributed by atoms with van der Waals surface area (Å²) < 4.78 is 24.7. The second-order valence-corrected chi connectivity index (χ2v) is 4.78. The van der Waals surface area contributed by atoms with Gasteiger partial charge < -0.3 is 16.2 Å². The van der Waals surface area contributed by atoms with Crippen LogP contribution in [0.3, 0.4) is 0 Å². The van der Waals surface area contributed by atoms with Gasteiger partial charge in [0.15, 0.2) is 0 Å². The van der Waals surface area contributed by atoms with Crippen LogP contribution >= 0.6 is 12.2 Å². The third-order valence-corrected chi connectivity index (χ3v) is 2.87. The number of anilines is 1. The maximum absolute atomic E-state index is 12.3. The van der Waals surface area contributed by atoms with Crippen molar-refractivity contribution in [1.29, 1.82) is 0 Å². The van der Waals surface area contributed by atoms with E-state index in [-0.39, 0.29) is 24.7 Å². The summed E-state index contributed by atoms with van der Waals surface area (Å²) in [5, 5.41) is 11.4. The molecule has 5 nitrogen and oxygen atoms in total. The molecule has 0 atom stereocenters. The van der Waals surface area contributed by atoms with Crippen molar-refractivity contribution in [2.24, 2.45) is 5.73 Å². The Morgan fingerprint density at radius 3 is 2.48 bits per heavy atom. The lowest BCUT2D eigenvalue weighted by Gasteiger charge is -2.20. The minimum absolute atomic E-state index is 0.0120. The molecule has 4 N–H and O–H groups in total. The van der Waals surface area contributed by atoms with Crippen molar-refractivity contribution in [2.45, 2.75) is 6.43 Å². The molecule has 0 aliphatic heterocycles. The molecule has 0 saturated carbocycles. The van der Waals surface area contributed by atoms with Crippen LogP contribution in [0.1, 0.15) is 5.56 Å². The lowest BCUT2D eigenvalue weighted by Crippen LogP contribution is -2.38. The Kier molecular flexibility index (Phi) is 7.13. The molecule has 0 aliphatic carbocycles. The molecule has 0 aliphatic rings. The first kappa shape index (κ1) is 17.4. The molecule has 1 aromatic rings. The van der Waals surface area contributed by atoms with Crippen molar-refractivity contribution >= 4 is 28.8 Å². The molecule has 116 valence electrons. The van der Waals surface area contributed by atoms with Gasteiger partial charge in [-0.1, -0.05) is 12.2 Å². The van der Waals surface area contributed by atoms with Crippen molar-refractivity contribution in [1.82, 2.24) is 4.90 Å². The van der Waals surface area contributed by atoms with E-state index >= 15 is 0 Å². The highest BCUT2D eigenvalue weighted by atomic mass is 32.1. The van der Waals surface area contributed by atoms with Gasteiger partial charge in [0.05, 0.1) is 19.7 Å². The average Bonchev–Trinajstić information content (AvgIpc) is 2.38. The maximum Gasteiger partial charge on any atom is 0.251 e. The third kappa shape index (κ3) is 6.56. The number of thiocarbonyl (C=S) groups is 1. The van der Waals surface area contributed by atoms with Gasteiger partial charge in [-0.25, -0.2) is 8.78 Å². The minimum atomic E-state index is -2.56. The quantitative estimate of drug-likeness (QED) is 0.619. The van der Waals surface area contributed by atoms with Crippen LogP contribution in [0.5, 0.6) is 0 Å². The second-order valence-electron chi connectivity index (χ2n) is 4.34. The smallest absolute Gasteiger partial charge is 0.251 e. The molecule has 0 bridgehead atoms. The van der Waals surface area contributed by atoms with E-state index in [1.807, 2.05) is 0 Å². The van der Waals surface area contributed by atoms with E-state index in [0.29, 0.717) is 11.3 Å². The number of nitrogens with zero attached hydrogens (tertiary/aromatic N) is 1. The van der Waals surface area contributed by atoms with E-state index in [4.69, 9.17) is 23.1 Å². The SMILES string of the molecule is NC(=S)c1ccc(NC(=O)CN(CCO)CC(F)F)cc1. The van der Waals surface area contributed by atoms with E-state index in [2.05, 4.69) is 5.32 Å². The number of hydrogen-bond donors (Lipinski definition) is 3. The summed E-state index contributed by atoms with van der Waals surface area (Å²) in [6.07, 6.45) is -2.56. The summed E-state index contributed by atoms with van der Waals surface area (Å²) in [7, 11) is 0. The summed E-state index contributed by atoms with van der Waals surface area (Å²) in [5.74, 6) is -0.438. The number of halogens is 2. The summed E-state index contributed by atoms with van der Waals surface area (Å²) in [6, 6.07) is 6.55. The Balaban J connectivity index is 2.56. The summed E-state index contributed by atoms with van der Waals surface area (Å²) in [5.41, 5.74) is 6.64. The van der Waals surface area contributed by atoms with Gasteiger partial charge in [0, 0.05) is 17.8 Å². The van der Waals surface area contributed by atoms with E-state index in [9.17, 15) is 13.6 Å². The molecule has 21 heavy (non-hydrogen) atoms. The lowest BCUT2D eigenvalue weighted by molar-refractivity contribution is -0.117. The van der Waals surface area contributed by atoms with E-state index in [1.165, 1.54) is 4.90 Å². The summed E-state index contributed by atoms with van der Waals surface area (Å²) in [6.45, 7) is -1.06. The van der Waals surface area contributed by atoms with Crippen molar-refractivity contribution in [3.8, 4) is 0 Å². The largest absolute Gasteiger partial charge is 0.395 e. The van der Waals surface area contributed by atoms with Crippen LogP contribution in [0.15, 0.2) is 24.3 Å². The number of aliphatic hydroxyl groups excluding tert-OH is 1. The van der Waals surface area contributed by atoms with Crippen LogP contribution in [0.2, 0.25) is 0 Å². The number of carbonyl (C=O) groups is 1. The van der Waals surface area contributed by atoms with Crippen LogP contribution in [0.4, 0.5) is 14.5 Å². The average molecular weight is 317 g/mol. The van der Waals surface area contributed by atoms with Crippen LogP contribution in [0.25, 0.3) is 0 Å². The highest BCUT2D eigenvalue weighted by Crippen LogP contribution is 2.09. The monoisotopic (exact) mass is 317 g/mol. The number of amides is 1. The second kappa shape index (κ2) is 8.60. The predicted molar refractivity (Wildman–Crippen MR) is 80.5 cm³/mol. The molecule has 0 heterocycles. The number of nitrogens with one attached hydrogen (secondary N) is 1. The topological polar surface area (TPSA) is 78.6 Å². The number of benzene rings is 1. The van der Waals surface area contributed by atoms with Gasteiger partial charge in [0.1, 0.15) is 4.99 Å². The number of hydrogen-bond acceptors (Lipinski definition) is 4. The fourth-order valence-electron chi connectivity index (χ4n) is 1.69. The molecule has 0 saturated heterocycles. The van der Waals surface area contributed by atoms with Crippen molar-refractivity contribution in [3.05, 3.63) is 29.8 Å². The Morgan fingerprint density at radius 1 is 1.38 bits per heavy atom. The fraction of sp³-hybridized carbons (Fsp3) is 0.385. The van der Waals surface area contributed by atoms with Gasteiger partial charge in [-0.05, 0) is 24.3 Å². The molecular weight excluding hydrogens is 300 g/mol. The molecule has 0 radical (unpaired) electrons. The van der Waals surface area contributed by atoms with E-state index in [0.717, 1.165) is 0 Å². The lowest BCUT2D eigenvalue weighted by atomic mass is 10.2. The van der Waals surface area contributed by atoms with Crippen LogP contribution in [0, 0.1) is 0 Å². The standard InChI is InChI=1S/C13H17F2N3O2S/c14-11(15)7-18(5-6-19)8-12(20)17-10-3-1-9(2-4-10)13(16)21/h1-4,11,19H,5-8H2,(H2,16,21)(H,17,20). The normalized spacial score (nSPS) is 10.9. The predicted octanol–water partition coefficient (Wildman–Crippen LogP) is 0.819. The molecule has 0 spiro atoms. The first-order chi connectivity index (χ1) is 9.92. The number of alkyl halides is 2. The molecule has 8 heteroatoms. The highest BCUT2D eigenvalue weighted by molar-refractivity contribution is 7.80. The van der Waals surface area contributed by atoms with Crippen molar-refractivity contribution < 1.29 is 18.7 Å². The molecule has 1 aromatic carbocycles. The zero-order chi connectivity index (χ0) is 15.8. The fourth-order valence-corrected chi connectivity index (χ4v) is 1.83. The van der Waals surface area contributed by atoms with Crippen molar-refractivity contribution in [3.63, 3.8) is 0 Å². The minimum Gasteiger partial charge on any atom is -0.395 e. The molecule has 0 fully saturated rings. The van der Waals surface area contributed by atoms with Gasteiger partial charge in [-0.2, -0.15) is 0 Å². The van der Waals surface area contributed by atoms with Gasteiger partial charge in [0.2, 0.25) is 5.91 Å². The Morgan fingerprint density at radius 2 is 2.00 bits per heavy atom. The first-order valence-electron chi connectivity index (χ1n) is 6.23. The molecule has 0 aromatic heterocycles. The highest BCUT2D eigenvalue weighted by Gasteiger charge is 2.15. The number of rotatable bonds is 8. The number of aliphatic hydroxyl groups is 1. The van der Waals surface area contributed by atoms with Crippen LogP contribution < -0.4 is 11.1 Å². The van der Waals surface area contributed by atoms with Gasteiger partial charge in [0.25, 0.3) is 6.43 Å². The molecule has 1 amide bonds. The Bertz CT molecular complexity index is 483. The summed E-state index contributed by atoms with van der Waals surface area (Å²) in [4.78, 5) is 13.2. The summed E-state index contributed by atoms with van der Waals surface area (Å²) >= 11 is 4.81.